The maximum atomic E-state index is 12.4. The highest BCUT2D eigenvalue weighted by molar-refractivity contribution is 5.90. The van der Waals surface area contributed by atoms with Crippen molar-refractivity contribution >= 4 is 18.0 Å². The number of amides is 2. The zero-order valence-corrected chi connectivity index (χ0v) is 15.6. The molecule has 0 saturated carbocycles. The minimum absolute atomic E-state index is 0.0202. The van der Waals surface area contributed by atoms with Crippen LogP contribution in [0.2, 0.25) is 0 Å². The summed E-state index contributed by atoms with van der Waals surface area (Å²) < 4.78 is 9.48. The Balaban J connectivity index is 2.46. The normalized spacial score (nSPS) is 21.6. The molecule has 2 unspecified atom stereocenters. The third-order valence-electron chi connectivity index (χ3n) is 4.28. The first-order chi connectivity index (χ1) is 12.2. The van der Waals surface area contributed by atoms with E-state index in [4.69, 9.17) is 4.74 Å². The Morgan fingerprint density at radius 2 is 1.69 bits per heavy atom. The molecule has 2 atom stereocenters. The Hall–Kier alpha value is -2.83. The lowest BCUT2D eigenvalue weighted by Gasteiger charge is -2.33. The zero-order valence-electron chi connectivity index (χ0n) is 15.6. The van der Waals surface area contributed by atoms with E-state index in [0.717, 1.165) is 17.2 Å². The van der Waals surface area contributed by atoms with Crippen molar-refractivity contribution in [1.29, 1.82) is 0 Å². The first-order valence-corrected chi connectivity index (χ1v) is 8.22. The second-order valence-corrected chi connectivity index (χ2v) is 7.07. The van der Waals surface area contributed by atoms with E-state index in [1.165, 1.54) is 14.2 Å². The molecule has 1 saturated heterocycles. The highest BCUT2D eigenvalue weighted by Gasteiger charge is 2.40. The molecule has 0 spiro atoms. The second-order valence-electron chi connectivity index (χ2n) is 7.07. The number of rotatable bonds is 3. The minimum atomic E-state index is -0.891. The maximum absolute atomic E-state index is 12.4. The number of hydrogen-bond acceptors (Lipinski definition) is 5. The lowest BCUT2D eigenvalue weighted by molar-refractivity contribution is -0.145. The summed E-state index contributed by atoms with van der Waals surface area (Å²) >= 11 is 0. The monoisotopic (exact) mass is 360 g/mol. The van der Waals surface area contributed by atoms with Crippen LogP contribution < -0.4 is 10.6 Å². The molecule has 140 valence electrons. The lowest BCUT2D eigenvalue weighted by atomic mass is 9.84. The molecule has 0 aromatic heterocycles. The molecular formula is C19H24N2O5. The van der Waals surface area contributed by atoms with Crippen LogP contribution in [0.3, 0.4) is 0 Å². The molecule has 1 aromatic rings. The molecular weight excluding hydrogens is 336 g/mol. The summed E-state index contributed by atoms with van der Waals surface area (Å²) in [6, 6.07) is 6.47. The van der Waals surface area contributed by atoms with Crippen LogP contribution in [-0.4, -0.2) is 32.2 Å². The van der Waals surface area contributed by atoms with Crippen LogP contribution in [-0.2, 0) is 24.5 Å². The average molecular weight is 360 g/mol. The Kier molecular flexibility index (Phi) is 5.69. The van der Waals surface area contributed by atoms with Gasteiger partial charge in [-0.2, -0.15) is 0 Å². The fourth-order valence-corrected chi connectivity index (χ4v) is 2.82. The molecule has 1 aromatic carbocycles. The number of carbonyl (C=O) groups is 3. The number of hydrogen-bond donors (Lipinski definition) is 2. The van der Waals surface area contributed by atoms with Crippen LogP contribution in [0.25, 0.3) is 0 Å². The number of ether oxygens (including phenoxy) is 2. The first kappa shape index (κ1) is 19.5. The summed E-state index contributed by atoms with van der Waals surface area (Å²) in [5, 5.41) is 5.23. The van der Waals surface area contributed by atoms with Gasteiger partial charge in [0.05, 0.1) is 20.3 Å². The number of methoxy groups -OCH3 is 2. The number of nitrogens with one attached hydrogen (secondary N) is 2. The molecule has 2 rings (SSSR count). The molecule has 1 aliphatic heterocycles. The van der Waals surface area contributed by atoms with Gasteiger partial charge in [-0.3, -0.25) is 4.79 Å². The largest absolute Gasteiger partial charge is 0.468 e. The van der Waals surface area contributed by atoms with Gasteiger partial charge in [-0.05, 0) is 16.5 Å². The van der Waals surface area contributed by atoms with Crippen LogP contribution in [0.4, 0.5) is 4.79 Å². The zero-order chi connectivity index (χ0) is 19.5. The highest BCUT2D eigenvalue weighted by atomic mass is 16.5. The Morgan fingerprint density at radius 3 is 2.19 bits per heavy atom. The SMILES string of the molecule is COC(=O)C=C1NC(=O)NC(c2ccc(C(C)(C)C)cc2)C1C(=O)OC. The average Bonchev–Trinajstić information content (AvgIpc) is 2.59. The van der Waals surface area contributed by atoms with E-state index < -0.39 is 29.9 Å². The van der Waals surface area contributed by atoms with Crippen LogP contribution >= 0.6 is 0 Å². The lowest BCUT2D eigenvalue weighted by Crippen LogP contribution is -2.51. The van der Waals surface area contributed by atoms with Gasteiger partial charge in [-0.25, -0.2) is 9.59 Å². The standard InChI is InChI=1S/C19H24N2O5/c1-19(2,3)12-8-6-11(7-9-12)16-15(17(23)26-5)13(10-14(22)25-4)20-18(24)21-16/h6-10,15-16H,1-5H3,(H2,20,21,24). The van der Waals surface area contributed by atoms with Crippen LogP contribution in [0, 0.1) is 5.92 Å². The molecule has 2 amide bonds. The van der Waals surface area contributed by atoms with Crippen LogP contribution in [0.15, 0.2) is 36.0 Å². The summed E-state index contributed by atoms with van der Waals surface area (Å²) in [7, 11) is 2.48. The Morgan fingerprint density at radius 1 is 1.08 bits per heavy atom. The van der Waals surface area contributed by atoms with Crippen molar-refractivity contribution in [1.82, 2.24) is 10.6 Å². The van der Waals surface area contributed by atoms with Crippen molar-refractivity contribution in [2.45, 2.75) is 32.2 Å². The van der Waals surface area contributed by atoms with Gasteiger partial charge in [0.1, 0.15) is 5.92 Å². The van der Waals surface area contributed by atoms with E-state index in [1.54, 1.807) is 0 Å². The van der Waals surface area contributed by atoms with Gasteiger partial charge in [0.2, 0.25) is 0 Å². The fraction of sp³-hybridized carbons (Fsp3) is 0.421. The molecule has 0 radical (unpaired) electrons. The number of esters is 2. The van der Waals surface area contributed by atoms with Crippen molar-refractivity contribution in [2.75, 3.05) is 14.2 Å². The molecule has 1 fully saturated rings. The topological polar surface area (TPSA) is 93.7 Å². The molecule has 1 heterocycles. The van der Waals surface area contributed by atoms with Crippen molar-refractivity contribution < 1.29 is 23.9 Å². The molecule has 7 nitrogen and oxygen atoms in total. The van der Waals surface area contributed by atoms with Gasteiger partial charge in [0.15, 0.2) is 0 Å². The predicted octanol–water partition coefficient (Wildman–Crippen LogP) is 2.18. The molecule has 2 N–H and O–H groups in total. The smallest absolute Gasteiger partial charge is 0.332 e. The van der Waals surface area contributed by atoms with E-state index >= 15 is 0 Å². The van der Waals surface area contributed by atoms with Crippen molar-refractivity contribution in [3.8, 4) is 0 Å². The minimum Gasteiger partial charge on any atom is -0.468 e. The predicted molar refractivity (Wildman–Crippen MR) is 95.2 cm³/mol. The van der Waals surface area contributed by atoms with Gasteiger partial charge < -0.3 is 20.1 Å². The third-order valence-corrected chi connectivity index (χ3v) is 4.28. The van der Waals surface area contributed by atoms with Gasteiger partial charge in [-0.15, -0.1) is 0 Å². The van der Waals surface area contributed by atoms with E-state index in [2.05, 4.69) is 36.1 Å². The van der Waals surface area contributed by atoms with Crippen LogP contribution in [0.5, 0.6) is 0 Å². The van der Waals surface area contributed by atoms with E-state index in [0.29, 0.717) is 0 Å². The second kappa shape index (κ2) is 7.59. The molecule has 7 heteroatoms. The van der Waals surface area contributed by atoms with Crippen molar-refractivity contribution in [2.24, 2.45) is 5.92 Å². The fourth-order valence-electron chi connectivity index (χ4n) is 2.82. The number of urea groups is 1. The van der Waals surface area contributed by atoms with Crippen molar-refractivity contribution in [3.05, 3.63) is 47.2 Å². The van der Waals surface area contributed by atoms with Crippen molar-refractivity contribution in [3.63, 3.8) is 0 Å². The Labute approximate surface area is 152 Å². The highest BCUT2D eigenvalue weighted by Crippen LogP contribution is 2.32. The summed E-state index contributed by atoms with van der Waals surface area (Å²) in [6.45, 7) is 6.30. The maximum Gasteiger partial charge on any atom is 0.332 e. The van der Waals surface area contributed by atoms with E-state index in [-0.39, 0.29) is 11.1 Å². The van der Waals surface area contributed by atoms with Gasteiger partial charge in [-0.1, -0.05) is 45.0 Å². The summed E-state index contributed by atoms with van der Waals surface area (Å²) in [5.74, 6) is -2.13. The van der Waals surface area contributed by atoms with Crippen LogP contribution in [0.1, 0.15) is 37.9 Å². The summed E-state index contributed by atoms with van der Waals surface area (Å²) in [4.78, 5) is 36.0. The van der Waals surface area contributed by atoms with Gasteiger partial charge in [0, 0.05) is 11.8 Å². The third kappa shape index (κ3) is 4.22. The van der Waals surface area contributed by atoms with E-state index in [9.17, 15) is 14.4 Å². The quantitative estimate of drug-likeness (QED) is 0.636. The van der Waals surface area contributed by atoms with E-state index in [1.807, 2.05) is 24.3 Å². The van der Waals surface area contributed by atoms with Gasteiger partial charge in [0.25, 0.3) is 0 Å². The Bertz CT molecular complexity index is 731. The number of benzene rings is 1. The molecule has 26 heavy (non-hydrogen) atoms. The summed E-state index contributed by atoms with van der Waals surface area (Å²) in [6.07, 6.45) is 1.09. The van der Waals surface area contributed by atoms with Gasteiger partial charge >= 0.3 is 18.0 Å². The summed E-state index contributed by atoms with van der Waals surface area (Å²) in [5.41, 5.74) is 1.98. The molecule has 0 aliphatic carbocycles. The molecule has 0 bridgehead atoms. The first-order valence-electron chi connectivity index (χ1n) is 8.22. The molecule has 1 aliphatic rings. The number of carbonyl (C=O) groups excluding carboxylic acids is 3.